The minimum absolute atomic E-state index is 0.0588. The predicted molar refractivity (Wildman–Crippen MR) is 80.8 cm³/mol. The van der Waals surface area contributed by atoms with Crippen molar-refractivity contribution in [1.82, 2.24) is 0 Å². The van der Waals surface area contributed by atoms with E-state index in [2.05, 4.69) is 0 Å². The molecule has 2 rings (SSSR count). The highest BCUT2D eigenvalue weighted by Crippen LogP contribution is 2.26. The van der Waals surface area contributed by atoms with Crippen molar-refractivity contribution in [3.63, 3.8) is 0 Å². The summed E-state index contributed by atoms with van der Waals surface area (Å²) in [6.45, 7) is 0. The molecule has 0 atom stereocenters. The zero-order valence-electron chi connectivity index (χ0n) is 9.88. The minimum atomic E-state index is -0.569. The number of carbonyl (C=O) groups is 1. The summed E-state index contributed by atoms with van der Waals surface area (Å²) >= 11 is 12.6. The van der Waals surface area contributed by atoms with E-state index in [1.807, 2.05) is 0 Å². The van der Waals surface area contributed by atoms with E-state index in [0.717, 1.165) is 0 Å². The lowest BCUT2D eigenvalue weighted by atomic mass is 10.1. The van der Waals surface area contributed by atoms with E-state index < -0.39 is 4.92 Å². The number of nitro groups is 1. The van der Waals surface area contributed by atoms with E-state index in [1.165, 1.54) is 35.6 Å². The first kappa shape index (κ1) is 14.7. The minimum Gasteiger partial charge on any atom is -0.288 e. The number of rotatable bonds is 4. The molecular formula is C13H7Cl2NO3S. The summed E-state index contributed by atoms with van der Waals surface area (Å²) in [6.07, 6.45) is 2.84. The van der Waals surface area contributed by atoms with Crippen LogP contribution in [0.3, 0.4) is 0 Å². The van der Waals surface area contributed by atoms with Gasteiger partial charge in [-0.25, -0.2) is 0 Å². The Morgan fingerprint density at radius 3 is 2.60 bits per heavy atom. The molecule has 0 unspecified atom stereocenters. The number of halogens is 2. The molecule has 102 valence electrons. The number of carbonyl (C=O) groups excluding carboxylic acids is 1. The third-order valence-electron chi connectivity index (χ3n) is 2.41. The molecule has 0 aliphatic rings. The van der Waals surface area contributed by atoms with Crippen molar-refractivity contribution in [2.45, 2.75) is 0 Å². The molecule has 0 spiro atoms. The second kappa shape index (κ2) is 6.17. The van der Waals surface area contributed by atoms with Crippen molar-refractivity contribution in [2.75, 3.05) is 0 Å². The van der Waals surface area contributed by atoms with E-state index in [-0.39, 0.29) is 16.5 Å². The molecule has 2 aromatic rings. The van der Waals surface area contributed by atoms with Gasteiger partial charge < -0.3 is 0 Å². The van der Waals surface area contributed by atoms with E-state index in [9.17, 15) is 14.9 Å². The fourth-order valence-electron chi connectivity index (χ4n) is 1.47. The molecule has 0 fully saturated rings. The van der Waals surface area contributed by atoms with Gasteiger partial charge in [0.05, 0.1) is 14.1 Å². The number of hydrogen-bond acceptors (Lipinski definition) is 4. The number of allylic oxidation sites excluding steroid dienone is 1. The van der Waals surface area contributed by atoms with Gasteiger partial charge in [-0.3, -0.25) is 14.9 Å². The van der Waals surface area contributed by atoms with Gasteiger partial charge in [-0.05, 0) is 29.8 Å². The zero-order chi connectivity index (χ0) is 14.7. The van der Waals surface area contributed by atoms with E-state index in [0.29, 0.717) is 14.8 Å². The number of benzene rings is 1. The molecule has 4 nitrogen and oxygen atoms in total. The van der Waals surface area contributed by atoms with Crippen molar-refractivity contribution in [3.8, 4) is 0 Å². The zero-order valence-corrected chi connectivity index (χ0v) is 12.2. The molecule has 1 aromatic carbocycles. The van der Waals surface area contributed by atoms with Crippen LogP contribution in [-0.4, -0.2) is 10.7 Å². The molecule has 0 saturated heterocycles. The van der Waals surface area contributed by atoms with Gasteiger partial charge in [0.15, 0.2) is 5.78 Å². The summed E-state index contributed by atoms with van der Waals surface area (Å²) in [5.41, 5.74) is 0.331. The van der Waals surface area contributed by atoms with E-state index >= 15 is 0 Å². The molecule has 0 radical (unpaired) electrons. The fraction of sp³-hybridized carbons (Fsp3) is 0. The highest BCUT2D eigenvalue weighted by molar-refractivity contribution is 7.18. The number of thiophene rings is 1. The smallest absolute Gasteiger partial charge is 0.288 e. The van der Waals surface area contributed by atoms with Crippen LogP contribution in [0.25, 0.3) is 6.08 Å². The standard InChI is InChI=1S/C13H7Cl2NO3S/c14-9-3-1-8(7-10(9)16(18)19)2-4-11(17)12-5-6-13(15)20-12/h1-7H. The molecule has 0 bridgehead atoms. The van der Waals surface area contributed by atoms with Crippen LogP contribution < -0.4 is 0 Å². The van der Waals surface area contributed by atoms with Crippen molar-refractivity contribution >= 4 is 52.1 Å². The Balaban J connectivity index is 2.21. The number of nitro benzene ring substituents is 1. The van der Waals surface area contributed by atoms with Gasteiger partial charge in [0.2, 0.25) is 0 Å². The molecule has 7 heteroatoms. The van der Waals surface area contributed by atoms with Gasteiger partial charge in [-0.15, -0.1) is 11.3 Å². The van der Waals surface area contributed by atoms with Crippen LogP contribution in [0, 0.1) is 10.1 Å². The largest absolute Gasteiger partial charge is 0.288 e. The van der Waals surface area contributed by atoms with Gasteiger partial charge >= 0.3 is 0 Å². The number of hydrogen-bond donors (Lipinski definition) is 0. The maximum Gasteiger partial charge on any atom is 0.288 e. The van der Waals surface area contributed by atoms with Gasteiger partial charge in [0.1, 0.15) is 5.02 Å². The summed E-state index contributed by atoms with van der Waals surface area (Å²) in [5.74, 6) is -0.209. The fourth-order valence-corrected chi connectivity index (χ4v) is 2.62. The molecular weight excluding hydrogens is 321 g/mol. The average Bonchev–Trinajstić information content (AvgIpc) is 2.84. The molecule has 1 heterocycles. The SMILES string of the molecule is O=C(C=Cc1ccc(Cl)c([N+](=O)[O-])c1)c1ccc(Cl)s1. The third kappa shape index (κ3) is 3.45. The Hall–Kier alpha value is -1.69. The third-order valence-corrected chi connectivity index (χ3v) is 3.98. The number of ketones is 1. The van der Waals surface area contributed by atoms with Crippen molar-refractivity contribution < 1.29 is 9.72 Å². The summed E-state index contributed by atoms with van der Waals surface area (Å²) < 4.78 is 0.531. The maximum absolute atomic E-state index is 11.8. The second-order valence-corrected chi connectivity index (χ2v) is 5.89. The predicted octanol–water partition coefficient (Wildman–Crippen LogP) is 4.86. The first-order valence-electron chi connectivity index (χ1n) is 5.39. The van der Waals surface area contributed by atoms with Crippen molar-refractivity contribution in [3.05, 3.63) is 66.3 Å². The van der Waals surface area contributed by atoms with E-state index in [1.54, 1.807) is 18.2 Å². The molecule has 20 heavy (non-hydrogen) atoms. The first-order chi connectivity index (χ1) is 9.47. The van der Waals surface area contributed by atoms with E-state index in [4.69, 9.17) is 23.2 Å². The molecule has 1 aromatic heterocycles. The first-order valence-corrected chi connectivity index (χ1v) is 6.96. The van der Waals surface area contributed by atoms with Crippen LogP contribution in [0.1, 0.15) is 15.2 Å². The monoisotopic (exact) mass is 327 g/mol. The average molecular weight is 328 g/mol. The quantitative estimate of drug-likeness (QED) is 0.348. The normalized spacial score (nSPS) is 10.9. The van der Waals surface area contributed by atoms with Crippen LogP contribution in [0.2, 0.25) is 9.36 Å². The Labute approximate surface area is 128 Å². The topological polar surface area (TPSA) is 60.2 Å². The van der Waals surface area contributed by atoms with Gasteiger partial charge in [0.25, 0.3) is 5.69 Å². The lowest BCUT2D eigenvalue weighted by molar-refractivity contribution is -0.384. The van der Waals surface area contributed by atoms with Crippen LogP contribution in [0.5, 0.6) is 0 Å². The molecule has 0 amide bonds. The molecule has 0 saturated carbocycles. The van der Waals surface area contributed by atoms with Crippen molar-refractivity contribution in [1.29, 1.82) is 0 Å². The molecule has 0 N–H and O–H groups in total. The van der Waals surface area contributed by atoms with Crippen molar-refractivity contribution in [2.24, 2.45) is 0 Å². The lowest BCUT2D eigenvalue weighted by Crippen LogP contribution is -1.91. The van der Waals surface area contributed by atoms with Gasteiger partial charge in [-0.1, -0.05) is 35.3 Å². The summed E-state index contributed by atoms with van der Waals surface area (Å²) in [5, 5.41) is 10.8. The lowest BCUT2D eigenvalue weighted by Gasteiger charge is -1.97. The Morgan fingerprint density at radius 2 is 2.00 bits per heavy atom. The Kier molecular flexibility index (Phi) is 4.54. The van der Waals surface area contributed by atoms with Gasteiger partial charge in [0, 0.05) is 6.07 Å². The second-order valence-electron chi connectivity index (χ2n) is 3.77. The Morgan fingerprint density at radius 1 is 1.25 bits per heavy atom. The number of nitrogens with zero attached hydrogens (tertiary/aromatic N) is 1. The Bertz CT molecular complexity index is 709. The van der Waals surface area contributed by atoms with Crippen LogP contribution >= 0.6 is 34.5 Å². The van der Waals surface area contributed by atoms with Gasteiger partial charge in [-0.2, -0.15) is 0 Å². The highest BCUT2D eigenvalue weighted by atomic mass is 35.5. The molecule has 0 aliphatic carbocycles. The summed E-state index contributed by atoms with van der Waals surface area (Å²) in [4.78, 5) is 22.5. The molecule has 0 aliphatic heterocycles. The highest BCUT2D eigenvalue weighted by Gasteiger charge is 2.12. The summed E-state index contributed by atoms with van der Waals surface area (Å²) in [6, 6.07) is 7.60. The van der Waals surface area contributed by atoms with Crippen LogP contribution in [0.4, 0.5) is 5.69 Å². The maximum atomic E-state index is 11.8. The van der Waals surface area contributed by atoms with Crippen LogP contribution in [0.15, 0.2) is 36.4 Å². The summed E-state index contributed by atoms with van der Waals surface area (Å²) in [7, 11) is 0. The van der Waals surface area contributed by atoms with Crippen LogP contribution in [-0.2, 0) is 0 Å².